The third kappa shape index (κ3) is 4.26. The van der Waals surface area contributed by atoms with Gasteiger partial charge in [0.05, 0.1) is 19.3 Å². The molecule has 29 heavy (non-hydrogen) atoms. The van der Waals surface area contributed by atoms with Crippen molar-refractivity contribution in [2.24, 2.45) is 0 Å². The highest BCUT2D eigenvalue weighted by Gasteiger charge is 2.25. The third-order valence-electron chi connectivity index (χ3n) is 5.74. The Kier molecular flexibility index (Phi) is 5.78. The molecule has 0 bridgehead atoms. The van der Waals surface area contributed by atoms with Crippen molar-refractivity contribution in [1.82, 2.24) is 10.2 Å². The smallest absolute Gasteiger partial charge is 0.251 e. The second-order valence-corrected chi connectivity index (χ2v) is 7.56. The summed E-state index contributed by atoms with van der Waals surface area (Å²) in [6.45, 7) is 4.26. The number of ether oxygens (including phenoxy) is 1. The van der Waals surface area contributed by atoms with Gasteiger partial charge in [-0.15, -0.1) is 0 Å². The van der Waals surface area contributed by atoms with E-state index in [0.717, 1.165) is 43.8 Å². The van der Waals surface area contributed by atoms with Crippen LogP contribution < -0.4 is 10.2 Å². The minimum Gasteiger partial charge on any atom is -0.379 e. The molecule has 2 aromatic rings. The number of hydrogen-bond donors (Lipinski definition) is 1. The van der Waals surface area contributed by atoms with Gasteiger partial charge in [0.2, 0.25) is 0 Å². The van der Waals surface area contributed by atoms with Gasteiger partial charge in [0.25, 0.3) is 5.91 Å². The van der Waals surface area contributed by atoms with Crippen molar-refractivity contribution in [2.45, 2.75) is 12.5 Å². The van der Waals surface area contributed by atoms with Crippen molar-refractivity contribution in [1.29, 1.82) is 0 Å². The molecule has 2 heterocycles. The van der Waals surface area contributed by atoms with Gasteiger partial charge in [-0.1, -0.05) is 12.1 Å². The number of nitrogens with one attached hydrogen (secondary N) is 1. The van der Waals surface area contributed by atoms with Gasteiger partial charge in [-0.3, -0.25) is 9.69 Å². The van der Waals surface area contributed by atoms with Crippen LogP contribution in [0.15, 0.2) is 36.4 Å². The van der Waals surface area contributed by atoms with Crippen LogP contribution in [-0.2, 0) is 11.2 Å². The standard InChI is InChI=1S/C22H25F2N3O2/c1-26-7-6-16-12-15(3-5-20(16)26)21(27-8-10-29-11-9-27)14-25-22(28)17-2-4-18(23)19(24)13-17/h2-5,12-13,21H,6-11,14H2,1H3,(H,25,28)/t21-/m1/s1. The molecule has 2 aliphatic heterocycles. The predicted octanol–water partition coefficient (Wildman–Crippen LogP) is 2.76. The Balaban J connectivity index is 1.53. The second-order valence-electron chi connectivity index (χ2n) is 7.56. The molecule has 7 heteroatoms. The summed E-state index contributed by atoms with van der Waals surface area (Å²) in [6.07, 6.45) is 1.01. The van der Waals surface area contributed by atoms with Gasteiger partial charge in [0.1, 0.15) is 0 Å². The lowest BCUT2D eigenvalue weighted by atomic mass is 10.00. The van der Waals surface area contributed by atoms with Crippen LogP contribution >= 0.6 is 0 Å². The van der Waals surface area contributed by atoms with Gasteiger partial charge in [-0.2, -0.15) is 0 Å². The number of benzene rings is 2. The van der Waals surface area contributed by atoms with Crippen molar-refractivity contribution in [2.75, 3.05) is 51.3 Å². The van der Waals surface area contributed by atoms with E-state index in [1.54, 1.807) is 0 Å². The minimum atomic E-state index is -1.02. The largest absolute Gasteiger partial charge is 0.379 e. The number of halogens is 2. The Morgan fingerprint density at radius 3 is 2.66 bits per heavy atom. The van der Waals surface area contributed by atoms with Gasteiger partial charge < -0.3 is 15.0 Å². The maximum absolute atomic E-state index is 13.5. The number of hydrogen-bond acceptors (Lipinski definition) is 4. The summed E-state index contributed by atoms with van der Waals surface area (Å²) in [5.74, 6) is -2.40. The molecule has 0 saturated carbocycles. The Hall–Kier alpha value is -2.51. The average Bonchev–Trinajstić information content (AvgIpc) is 3.11. The first kappa shape index (κ1) is 19.8. The highest BCUT2D eigenvalue weighted by atomic mass is 19.2. The first-order valence-corrected chi connectivity index (χ1v) is 9.92. The number of carbonyl (C=O) groups excluding carboxylic acids is 1. The zero-order chi connectivity index (χ0) is 20.4. The van der Waals surface area contributed by atoms with E-state index in [-0.39, 0.29) is 11.6 Å². The fourth-order valence-corrected chi connectivity index (χ4v) is 4.07. The number of nitrogens with zero attached hydrogens (tertiary/aromatic N) is 2. The van der Waals surface area contributed by atoms with Gasteiger partial charge in [-0.05, 0) is 41.8 Å². The number of fused-ring (bicyclic) bond motifs is 1. The van der Waals surface area contributed by atoms with Crippen LogP contribution in [0.5, 0.6) is 0 Å². The van der Waals surface area contributed by atoms with Crippen LogP contribution in [-0.4, -0.2) is 57.2 Å². The molecule has 2 aliphatic rings. The fraction of sp³-hybridized carbons (Fsp3) is 0.409. The molecule has 5 nitrogen and oxygen atoms in total. The van der Waals surface area contributed by atoms with Gasteiger partial charge in [-0.25, -0.2) is 8.78 Å². The molecule has 0 radical (unpaired) electrons. The number of carbonyl (C=O) groups is 1. The van der Waals surface area contributed by atoms with Gasteiger partial charge in [0, 0.05) is 44.5 Å². The van der Waals surface area contributed by atoms with Crippen LogP contribution in [0.3, 0.4) is 0 Å². The van der Waals surface area contributed by atoms with Crippen molar-refractivity contribution < 1.29 is 18.3 Å². The molecule has 154 valence electrons. The predicted molar refractivity (Wildman–Crippen MR) is 107 cm³/mol. The Morgan fingerprint density at radius 1 is 1.10 bits per heavy atom. The van der Waals surface area contributed by atoms with E-state index < -0.39 is 17.5 Å². The Labute approximate surface area is 169 Å². The summed E-state index contributed by atoms with van der Waals surface area (Å²) in [6, 6.07) is 9.67. The normalized spacial score (nSPS) is 17.8. The molecule has 1 amide bonds. The first-order chi connectivity index (χ1) is 14.0. The molecule has 1 N–H and O–H groups in total. The van der Waals surface area contributed by atoms with Crippen LogP contribution in [0, 0.1) is 11.6 Å². The first-order valence-electron chi connectivity index (χ1n) is 9.92. The van der Waals surface area contributed by atoms with Crippen molar-refractivity contribution >= 4 is 11.6 Å². The van der Waals surface area contributed by atoms with Crippen molar-refractivity contribution in [3.8, 4) is 0 Å². The van der Waals surface area contributed by atoms with E-state index in [9.17, 15) is 13.6 Å². The van der Waals surface area contributed by atoms with E-state index in [4.69, 9.17) is 4.74 Å². The lowest BCUT2D eigenvalue weighted by molar-refractivity contribution is 0.0162. The van der Waals surface area contributed by atoms with Crippen LogP contribution in [0.25, 0.3) is 0 Å². The van der Waals surface area contributed by atoms with E-state index in [2.05, 4.69) is 40.4 Å². The van der Waals surface area contributed by atoms with Crippen LogP contribution in [0.4, 0.5) is 14.5 Å². The van der Waals surface area contributed by atoms with Gasteiger partial charge in [0.15, 0.2) is 11.6 Å². The van der Waals surface area contributed by atoms with Gasteiger partial charge >= 0.3 is 0 Å². The Morgan fingerprint density at radius 2 is 1.90 bits per heavy atom. The third-order valence-corrected chi connectivity index (χ3v) is 5.74. The second kappa shape index (κ2) is 8.47. The summed E-state index contributed by atoms with van der Waals surface area (Å²) in [7, 11) is 2.09. The number of anilines is 1. The number of rotatable bonds is 5. The SMILES string of the molecule is CN1CCc2cc([C@@H](CNC(=O)c3ccc(F)c(F)c3)N3CCOCC3)ccc21. The summed E-state index contributed by atoms with van der Waals surface area (Å²) in [5.41, 5.74) is 3.82. The molecule has 1 saturated heterocycles. The lowest BCUT2D eigenvalue weighted by Gasteiger charge is -2.35. The summed E-state index contributed by atoms with van der Waals surface area (Å²) in [4.78, 5) is 17.1. The van der Waals surface area contributed by atoms with Crippen molar-refractivity contribution in [3.63, 3.8) is 0 Å². The maximum Gasteiger partial charge on any atom is 0.251 e. The quantitative estimate of drug-likeness (QED) is 0.837. The molecule has 1 fully saturated rings. The van der Waals surface area contributed by atoms with E-state index in [0.29, 0.717) is 19.8 Å². The minimum absolute atomic E-state index is 0.00986. The molecule has 0 unspecified atom stereocenters. The van der Waals surface area contributed by atoms with E-state index >= 15 is 0 Å². The fourth-order valence-electron chi connectivity index (χ4n) is 4.07. The monoisotopic (exact) mass is 401 g/mol. The van der Waals surface area contributed by atoms with E-state index in [1.807, 2.05) is 0 Å². The number of morpholine rings is 1. The lowest BCUT2D eigenvalue weighted by Crippen LogP contribution is -2.43. The van der Waals surface area contributed by atoms with Crippen LogP contribution in [0.1, 0.15) is 27.5 Å². The molecular formula is C22H25F2N3O2. The summed E-state index contributed by atoms with van der Waals surface area (Å²) in [5, 5.41) is 2.90. The molecule has 2 aromatic carbocycles. The molecule has 0 aromatic heterocycles. The van der Waals surface area contributed by atoms with E-state index in [1.165, 1.54) is 17.3 Å². The zero-order valence-electron chi connectivity index (χ0n) is 16.5. The van der Waals surface area contributed by atoms with Crippen LogP contribution in [0.2, 0.25) is 0 Å². The molecule has 4 rings (SSSR count). The average molecular weight is 401 g/mol. The highest BCUT2D eigenvalue weighted by Crippen LogP contribution is 2.31. The number of likely N-dealkylation sites (N-methyl/N-ethyl adjacent to an activating group) is 1. The molecule has 0 spiro atoms. The molecule has 1 atom stereocenters. The number of amides is 1. The molecular weight excluding hydrogens is 376 g/mol. The topological polar surface area (TPSA) is 44.8 Å². The molecule has 0 aliphatic carbocycles. The summed E-state index contributed by atoms with van der Waals surface area (Å²) >= 11 is 0. The maximum atomic E-state index is 13.5. The highest BCUT2D eigenvalue weighted by molar-refractivity contribution is 5.94. The Bertz CT molecular complexity index is 900. The summed E-state index contributed by atoms with van der Waals surface area (Å²) < 4.78 is 32.1. The van der Waals surface area contributed by atoms with Crippen molar-refractivity contribution in [3.05, 3.63) is 64.7 Å². The zero-order valence-corrected chi connectivity index (χ0v) is 16.5.